The number of hydrogen-bond donors (Lipinski definition) is 0. The predicted molar refractivity (Wildman–Crippen MR) is 120 cm³/mol. The number of imide groups is 1. The molecule has 2 unspecified atom stereocenters. The molecular formula is C25H28ClNO4. The van der Waals surface area contributed by atoms with Crippen molar-refractivity contribution in [3.63, 3.8) is 0 Å². The van der Waals surface area contributed by atoms with E-state index in [-0.39, 0.29) is 42.9 Å². The van der Waals surface area contributed by atoms with Crippen molar-refractivity contribution in [2.75, 3.05) is 13.7 Å². The topological polar surface area (TPSA) is 63.7 Å². The van der Waals surface area contributed by atoms with Gasteiger partial charge in [0.15, 0.2) is 5.78 Å². The Labute approximate surface area is 188 Å². The number of ether oxygens (including phenoxy) is 1. The van der Waals surface area contributed by atoms with Crippen LogP contribution in [0.4, 0.5) is 0 Å². The van der Waals surface area contributed by atoms with Gasteiger partial charge in [-0.25, -0.2) is 0 Å². The lowest BCUT2D eigenvalue weighted by atomic mass is 9.91. The van der Waals surface area contributed by atoms with E-state index < -0.39 is 5.92 Å². The maximum atomic E-state index is 13.3. The van der Waals surface area contributed by atoms with Gasteiger partial charge in [-0.1, -0.05) is 48.9 Å². The van der Waals surface area contributed by atoms with Crippen molar-refractivity contribution < 1.29 is 19.1 Å². The van der Waals surface area contributed by atoms with Gasteiger partial charge in [-0.3, -0.25) is 19.3 Å². The highest BCUT2D eigenvalue weighted by Crippen LogP contribution is 2.30. The summed E-state index contributed by atoms with van der Waals surface area (Å²) in [5.41, 5.74) is 1.86. The highest BCUT2D eigenvalue weighted by atomic mass is 35.5. The molecule has 1 heterocycles. The van der Waals surface area contributed by atoms with Gasteiger partial charge in [0, 0.05) is 23.8 Å². The fourth-order valence-corrected chi connectivity index (χ4v) is 4.32. The number of benzene rings is 2. The van der Waals surface area contributed by atoms with Gasteiger partial charge in [-0.2, -0.15) is 0 Å². The number of ketones is 1. The summed E-state index contributed by atoms with van der Waals surface area (Å²) < 4.78 is 5.40. The first kappa shape index (κ1) is 23.0. The van der Waals surface area contributed by atoms with Crippen LogP contribution in [0.5, 0.6) is 5.75 Å². The molecule has 0 N–H and O–H groups in total. The van der Waals surface area contributed by atoms with E-state index >= 15 is 0 Å². The normalized spacial score (nSPS) is 17.9. The van der Waals surface area contributed by atoms with E-state index in [1.54, 1.807) is 25.3 Å². The molecule has 0 aromatic heterocycles. The molecule has 6 heteroatoms. The Kier molecular flexibility index (Phi) is 7.85. The summed E-state index contributed by atoms with van der Waals surface area (Å²) in [7, 11) is 1.56. The first-order valence-electron chi connectivity index (χ1n) is 10.7. The third kappa shape index (κ3) is 5.73. The van der Waals surface area contributed by atoms with Crippen LogP contribution < -0.4 is 4.74 Å². The van der Waals surface area contributed by atoms with Gasteiger partial charge in [0.2, 0.25) is 11.8 Å². The van der Waals surface area contributed by atoms with E-state index in [1.807, 2.05) is 37.3 Å². The molecule has 1 aliphatic rings. The molecule has 2 aromatic rings. The Bertz CT molecular complexity index is 944. The van der Waals surface area contributed by atoms with Gasteiger partial charge in [0.1, 0.15) is 5.75 Å². The number of likely N-dealkylation sites (tertiary alicyclic amines) is 1. The Morgan fingerprint density at radius 3 is 2.61 bits per heavy atom. The number of amides is 2. The van der Waals surface area contributed by atoms with Crippen LogP contribution in [-0.4, -0.2) is 36.2 Å². The summed E-state index contributed by atoms with van der Waals surface area (Å²) in [4.78, 5) is 40.0. The zero-order valence-corrected chi connectivity index (χ0v) is 18.7. The Morgan fingerprint density at radius 1 is 1.19 bits per heavy atom. The van der Waals surface area contributed by atoms with Gasteiger partial charge >= 0.3 is 0 Å². The van der Waals surface area contributed by atoms with E-state index in [0.29, 0.717) is 23.6 Å². The second kappa shape index (κ2) is 10.6. The number of Topliss-reactive ketones (excluding diaryl/α,β-unsaturated/α-hetero) is 1. The zero-order chi connectivity index (χ0) is 22.4. The fraction of sp³-hybridized carbons (Fsp3) is 0.400. The van der Waals surface area contributed by atoms with E-state index in [9.17, 15) is 14.4 Å². The minimum atomic E-state index is -0.473. The van der Waals surface area contributed by atoms with Crippen LogP contribution in [0.25, 0.3) is 0 Å². The maximum absolute atomic E-state index is 13.3. The third-order valence-corrected chi connectivity index (χ3v) is 6.15. The minimum absolute atomic E-state index is 0.00586. The summed E-state index contributed by atoms with van der Waals surface area (Å²) in [5, 5.41) is 0.550. The van der Waals surface area contributed by atoms with Gasteiger partial charge < -0.3 is 4.74 Å². The van der Waals surface area contributed by atoms with E-state index in [1.165, 1.54) is 4.90 Å². The Hall–Kier alpha value is -2.66. The number of methoxy groups -OCH3 is 1. The molecule has 5 nitrogen and oxygen atoms in total. The fourth-order valence-electron chi connectivity index (χ4n) is 4.13. The van der Waals surface area contributed by atoms with Crippen LogP contribution in [0, 0.1) is 5.92 Å². The standard InChI is InChI=1S/C25H28ClNO4/c1-3-17(18-7-5-4-6-8-18)15-24(29)27-16-22(28)11-9-19(25(27)30)13-20-14-21(26)10-12-23(20)31-2/h4-8,10,12,14,17,19H,3,9,11,13,15-16H2,1-2H3. The molecule has 0 aliphatic carbocycles. The number of carbonyl (C=O) groups is 3. The largest absolute Gasteiger partial charge is 0.496 e. The van der Waals surface area contributed by atoms with Crippen molar-refractivity contribution in [1.82, 2.24) is 4.90 Å². The lowest BCUT2D eigenvalue weighted by molar-refractivity contribution is -0.148. The molecule has 0 spiro atoms. The van der Waals surface area contributed by atoms with Crippen molar-refractivity contribution in [2.24, 2.45) is 5.92 Å². The quantitative estimate of drug-likeness (QED) is 0.618. The average molecular weight is 442 g/mol. The molecule has 2 atom stereocenters. The second-order valence-corrected chi connectivity index (χ2v) is 8.41. The van der Waals surface area contributed by atoms with Crippen molar-refractivity contribution >= 4 is 29.2 Å². The van der Waals surface area contributed by atoms with E-state index in [4.69, 9.17) is 16.3 Å². The molecule has 1 saturated heterocycles. The molecule has 2 amide bonds. The zero-order valence-electron chi connectivity index (χ0n) is 18.0. The van der Waals surface area contributed by atoms with Gasteiger partial charge in [0.05, 0.1) is 13.7 Å². The Morgan fingerprint density at radius 2 is 1.94 bits per heavy atom. The van der Waals surface area contributed by atoms with Crippen LogP contribution in [0.1, 0.15) is 49.7 Å². The first-order valence-corrected chi connectivity index (χ1v) is 11.0. The summed E-state index contributed by atoms with van der Waals surface area (Å²) >= 11 is 6.13. The molecule has 0 saturated carbocycles. The Balaban J connectivity index is 1.80. The van der Waals surface area contributed by atoms with Crippen LogP contribution in [0.2, 0.25) is 5.02 Å². The molecule has 0 bridgehead atoms. The van der Waals surface area contributed by atoms with Crippen molar-refractivity contribution in [3.05, 3.63) is 64.7 Å². The molecule has 3 rings (SSSR count). The van der Waals surface area contributed by atoms with Crippen LogP contribution in [-0.2, 0) is 20.8 Å². The van der Waals surface area contributed by atoms with Gasteiger partial charge in [0.25, 0.3) is 0 Å². The summed E-state index contributed by atoms with van der Waals surface area (Å²) in [6.07, 6.45) is 2.03. The van der Waals surface area contributed by atoms with Crippen molar-refractivity contribution in [3.8, 4) is 5.75 Å². The lowest BCUT2D eigenvalue weighted by Gasteiger charge is -2.25. The lowest BCUT2D eigenvalue weighted by Crippen LogP contribution is -2.42. The van der Waals surface area contributed by atoms with Crippen molar-refractivity contribution in [2.45, 2.75) is 44.9 Å². The number of hydrogen-bond acceptors (Lipinski definition) is 4. The highest BCUT2D eigenvalue weighted by molar-refractivity contribution is 6.30. The monoisotopic (exact) mass is 441 g/mol. The SMILES string of the molecule is CCC(CC(=O)N1CC(=O)CCC(Cc2cc(Cl)ccc2OC)C1=O)c1ccccc1. The van der Waals surface area contributed by atoms with Crippen LogP contribution in [0.15, 0.2) is 48.5 Å². The molecule has 2 aromatic carbocycles. The number of nitrogens with zero attached hydrogens (tertiary/aromatic N) is 1. The minimum Gasteiger partial charge on any atom is -0.496 e. The maximum Gasteiger partial charge on any atom is 0.233 e. The second-order valence-electron chi connectivity index (χ2n) is 7.97. The smallest absolute Gasteiger partial charge is 0.233 e. The van der Waals surface area contributed by atoms with Gasteiger partial charge in [-0.15, -0.1) is 0 Å². The van der Waals surface area contributed by atoms with Gasteiger partial charge in [-0.05, 0) is 54.5 Å². The van der Waals surface area contributed by atoms with E-state index in [2.05, 4.69) is 0 Å². The average Bonchev–Trinajstić information content (AvgIpc) is 2.91. The molecular weight excluding hydrogens is 414 g/mol. The summed E-state index contributed by atoms with van der Waals surface area (Å²) in [6, 6.07) is 15.1. The number of halogens is 1. The molecule has 164 valence electrons. The first-order chi connectivity index (χ1) is 14.9. The van der Waals surface area contributed by atoms with E-state index in [0.717, 1.165) is 17.5 Å². The third-order valence-electron chi connectivity index (χ3n) is 5.92. The summed E-state index contributed by atoms with van der Waals surface area (Å²) in [5.74, 6) is -0.499. The summed E-state index contributed by atoms with van der Waals surface area (Å²) in [6.45, 7) is 1.88. The highest BCUT2D eigenvalue weighted by Gasteiger charge is 2.35. The van der Waals surface area contributed by atoms with Crippen LogP contribution in [0.3, 0.4) is 0 Å². The molecule has 31 heavy (non-hydrogen) atoms. The van der Waals surface area contributed by atoms with Crippen LogP contribution >= 0.6 is 11.6 Å². The molecule has 0 radical (unpaired) electrons. The number of rotatable bonds is 7. The predicted octanol–water partition coefficient (Wildman–Crippen LogP) is 4.81. The molecule has 1 aliphatic heterocycles. The van der Waals surface area contributed by atoms with Crippen molar-refractivity contribution in [1.29, 1.82) is 0 Å². The number of carbonyl (C=O) groups excluding carboxylic acids is 3. The molecule has 1 fully saturated rings.